The van der Waals surface area contributed by atoms with E-state index in [1.54, 1.807) is 18.2 Å². The Hall–Kier alpha value is -1.66. The van der Waals surface area contributed by atoms with E-state index in [-0.39, 0.29) is 0 Å². The molecule has 0 heterocycles. The normalized spacial score (nSPS) is 8.93. The van der Waals surface area contributed by atoms with Crippen LogP contribution in [0.15, 0.2) is 18.2 Å². The number of anilines is 1. The summed E-state index contributed by atoms with van der Waals surface area (Å²) in [5.74, 6) is 5.68. The standard InChI is InChI=1S/C11H10ClNO2/c1-2-3-5-8-9(12)6-4-7-10(8)13-11(14)15/h4,6-7,13H,2H2,1H3,(H,14,15). The van der Waals surface area contributed by atoms with Crippen LogP contribution in [-0.2, 0) is 0 Å². The van der Waals surface area contributed by atoms with Crippen molar-refractivity contribution < 1.29 is 9.90 Å². The third kappa shape index (κ3) is 3.19. The first-order chi connectivity index (χ1) is 7.15. The Morgan fingerprint density at radius 1 is 1.60 bits per heavy atom. The van der Waals surface area contributed by atoms with Gasteiger partial charge in [-0.05, 0) is 12.1 Å². The number of benzene rings is 1. The minimum absolute atomic E-state index is 0.413. The van der Waals surface area contributed by atoms with Crippen LogP contribution in [0.5, 0.6) is 0 Å². The first-order valence-corrected chi connectivity index (χ1v) is 4.80. The number of carboxylic acid groups (broad SMARTS) is 1. The molecule has 1 aromatic rings. The number of nitrogens with one attached hydrogen (secondary N) is 1. The number of amides is 1. The first-order valence-electron chi connectivity index (χ1n) is 4.42. The fraction of sp³-hybridized carbons (Fsp3) is 0.182. The fourth-order valence-electron chi connectivity index (χ4n) is 1.05. The molecule has 0 saturated carbocycles. The van der Waals surface area contributed by atoms with Gasteiger partial charge in [0.15, 0.2) is 0 Å². The summed E-state index contributed by atoms with van der Waals surface area (Å²) in [6, 6.07) is 4.97. The molecule has 0 aromatic heterocycles. The van der Waals surface area contributed by atoms with Crippen molar-refractivity contribution in [3.8, 4) is 11.8 Å². The molecule has 1 aromatic carbocycles. The SMILES string of the molecule is CCC#Cc1c(Cl)cccc1NC(=O)O. The highest BCUT2D eigenvalue weighted by atomic mass is 35.5. The van der Waals surface area contributed by atoms with E-state index < -0.39 is 6.09 Å². The van der Waals surface area contributed by atoms with Gasteiger partial charge in [-0.2, -0.15) is 0 Å². The predicted octanol–water partition coefficient (Wildman–Crippen LogP) is 3.19. The molecular formula is C11H10ClNO2. The van der Waals surface area contributed by atoms with Gasteiger partial charge in [-0.25, -0.2) is 4.79 Å². The lowest BCUT2D eigenvalue weighted by molar-refractivity contribution is 0.209. The zero-order chi connectivity index (χ0) is 11.3. The van der Waals surface area contributed by atoms with Crippen LogP contribution < -0.4 is 5.32 Å². The summed E-state index contributed by atoms with van der Waals surface area (Å²) in [5.41, 5.74) is 0.930. The van der Waals surface area contributed by atoms with Crippen LogP contribution in [-0.4, -0.2) is 11.2 Å². The van der Waals surface area contributed by atoms with E-state index in [4.69, 9.17) is 16.7 Å². The van der Waals surface area contributed by atoms with Gasteiger partial charge in [-0.3, -0.25) is 5.32 Å². The Balaban J connectivity index is 3.14. The maximum Gasteiger partial charge on any atom is 0.409 e. The monoisotopic (exact) mass is 223 g/mol. The number of carbonyl (C=O) groups is 1. The topological polar surface area (TPSA) is 49.3 Å². The van der Waals surface area contributed by atoms with Crippen LogP contribution in [0.25, 0.3) is 0 Å². The first kappa shape index (κ1) is 11.4. The van der Waals surface area contributed by atoms with Crippen molar-refractivity contribution in [3.63, 3.8) is 0 Å². The molecule has 1 amide bonds. The second kappa shape index (κ2) is 5.28. The van der Waals surface area contributed by atoms with Gasteiger partial charge in [0.1, 0.15) is 0 Å². The second-order valence-electron chi connectivity index (χ2n) is 2.75. The second-order valence-corrected chi connectivity index (χ2v) is 3.16. The zero-order valence-corrected chi connectivity index (χ0v) is 8.93. The summed E-state index contributed by atoms with van der Waals surface area (Å²) in [4.78, 5) is 10.5. The molecule has 0 radical (unpaired) electrons. The largest absolute Gasteiger partial charge is 0.465 e. The van der Waals surface area contributed by atoms with Crippen LogP contribution in [0.3, 0.4) is 0 Å². The number of halogens is 1. The molecule has 2 N–H and O–H groups in total. The molecule has 3 nitrogen and oxygen atoms in total. The van der Waals surface area contributed by atoms with Crippen molar-refractivity contribution in [1.29, 1.82) is 0 Å². The van der Waals surface area contributed by atoms with Crippen LogP contribution in [0.4, 0.5) is 10.5 Å². The summed E-state index contributed by atoms with van der Waals surface area (Å²) >= 11 is 5.91. The van der Waals surface area contributed by atoms with Gasteiger partial charge in [0.2, 0.25) is 0 Å². The molecule has 0 bridgehead atoms. The minimum atomic E-state index is -1.13. The van der Waals surface area contributed by atoms with Crippen molar-refractivity contribution >= 4 is 23.4 Å². The molecule has 0 fully saturated rings. The lowest BCUT2D eigenvalue weighted by Crippen LogP contribution is -2.08. The van der Waals surface area contributed by atoms with Crippen LogP contribution in [0.1, 0.15) is 18.9 Å². The van der Waals surface area contributed by atoms with Crippen LogP contribution >= 0.6 is 11.6 Å². The minimum Gasteiger partial charge on any atom is -0.465 e. The van der Waals surface area contributed by atoms with Gasteiger partial charge in [0.25, 0.3) is 0 Å². The molecule has 0 atom stereocenters. The van der Waals surface area contributed by atoms with E-state index in [0.717, 1.165) is 0 Å². The summed E-state index contributed by atoms with van der Waals surface area (Å²) in [7, 11) is 0. The molecule has 0 spiro atoms. The number of hydrogen-bond donors (Lipinski definition) is 2. The highest BCUT2D eigenvalue weighted by molar-refractivity contribution is 6.32. The molecule has 0 aliphatic carbocycles. The van der Waals surface area contributed by atoms with E-state index in [2.05, 4.69) is 17.2 Å². The highest BCUT2D eigenvalue weighted by Gasteiger charge is 2.06. The van der Waals surface area contributed by atoms with Gasteiger partial charge >= 0.3 is 6.09 Å². The van der Waals surface area contributed by atoms with Crippen molar-refractivity contribution in [2.75, 3.05) is 5.32 Å². The molecule has 0 unspecified atom stereocenters. The van der Waals surface area contributed by atoms with Gasteiger partial charge in [0.05, 0.1) is 16.3 Å². The molecular weight excluding hydrogens is 214 g/mol. The van der Waals surface area contributed by atoms with Crippen molar-refractivity contribution in [2.24, 2.45) is 0 Å². The van der Waals surface area contributed by atoms with Gasteiger partial charge < -0.3 is 5.11 Å². The molecule has 1 rings (SSSR count). The number of hydrogen-bond acceptors (Lipinski definition) is 1. The van der Waals surface area contributed by atoms with Crippen molar-refractivity contribution in [3.05, 3.63) is 28.8 Å². The van der Waals surface area contributed by atoms with E-state index in [9.17, 15) is 4.79 Å². The maximum atomic E-state index is 10.5. The Morgan fingerprint density at radius 3 is 2.93 bits per heavy atom. The Morgan fingerprint density at radius 2 is 2.33 bits per heavy atom. The van der Waals surface area contributed by atoms with E-state index in [0.29, 0.717) is 22.7 Å². The van der Waals surface area contributed by atoms with E-state index >= 15 is 0 Å². The van der Waals surface area contributed by atoms with Crippen molar-refractivity contribution in [1.82, 2.24) is 0 Å². The Bertz CT molecular complexity index is 432. The fourth-order valence-corrected chi connectivity index (χ4v) is 1.27. The van der Waals surface area contributed by atoms with Gasteiger partial charge in [-0.15, -0.1) is 0 Å². The summed E-state index contributed by atoms with van der Waals surface area (Å²) < 4.78 is 0. The lowest BCUT2D eigenvalue weighted by atomic mass is 10.2. The molecule has 15 heavy (non-hydrogen) atoms. The summed E-state index contributed by atoms with van der Waals surface area (Å²) in [5, 5.41) is 11.3. The zero-order valence-electron chi connectivity index (χ0n) is 8.17. The summed E-state index contributed by atoms with van der Waals surface area (Å²) in [6.45, 7) is 1.91. The predicted molar refractivity (Wildman–Crippen MR) is 60.3 cm³/mol. The molecule has 4 heteroatoms. The average Bonchev–Trinajstić information content (AvgIpc) is 2.16. The van der Waals surface area contributed by atoms with Gasteiger partial charge in [0, 0.05) is 6.42 Å². The average molecular weight is 224 g/mol. The molecule has 0 saturated heterocycles. The molecule has 78 valence electrons. The maximum absolute atomic E-state index is 10.5. The van der Waals surface area contributed by atoms with Gasteiger partial charge in [-0.1, -0.05) is 36.4 Å². The van der Waals surface area contributed by atoms with Crippen LogP contribution in [0, 0.1) is 11.8 Å². The number of rotatable bonds is 1. The van der Waals surface area contributed by atoms with Crippen molar-refractivity contribution in [2.45, 2.75) is 13.3 Å². The summed E-state index contributed by atoms with van der Waals surface area (Å²) in [6.07, 6.45) is -0.436. The third-order valence-electron chi connectivity index (χ3n) is 1.65. The Kier molecular flexibility index (Phi) is 4.02. The smallest absolute Gasteiger partial charge is 0.409 e. The van der Waals surface area contributed by atoms with E-state index in [1.807, 2.05) is 6.92 Å². The molecule has 0 aliphatic heterocycles. The Labute approximate surface area is 93.1 Å². The lowest BCUT2D eigenvalue weighted by Gasteiger charge is -2.05. The third-order valence-corrected chi connectivity index (χ3v) is 1.96. The van der Waals surface area contributed by atoms with Crippen LogP contribution in [0.2, 0.25) is 5.02 Å². The quantitative estimate of drug-likeness (QED) is 0.719. The highest BCUT2D eigenvalue weighted by Crippen LogP contribution is 2.23. The molecule has 0 aliphatic rings. The van der Waals surface area contributed by atoms with E-state index in [1.165, 1.54) is 0 Å².